The molecule has 0 unspecified atom stereocenters. The van der Waals surface area contributed by atoms with Crippen LogP contribution in [0.2, 0.25) is 0 Å². The molecular formula is C64H44N2. The Morgan fingerprint density at radius 2 is 0.485 bits per heavy atom. The minimum Gasteiger partial charge on any atom is -0.228 e. The third-order valence-corrected chi connectivity index (χ3v) is 12.3. The summed E-state index contributed by atoms with van der Waals surface area (Å²) >= 11 is 0. The molecule has 66 heavy (non-hydrogen) atoms. The molecular weight excluding hydrogens is 797 g/mol. The van der Waals surface area contributed by atoms with Crippen LogP contribution in [-0.2, 0) is 0 Å². The van der Waals surface area contributed by atoms with Gasteiger partial charge in [-0.25, -0.2) is 9.97 Å². The van der Waals surface area contributed by atoms with Crippen molar-refractivity contribution >= 4 is 0 Å². The monoisotopic (exact) mass is 840 g/mol. The van der Waals surface area contributed by atoms with Crippen LogP contribution in [0.4, 0.5) is 0 Å². The van der Waals surface area contributed by atoms with Gasteiger partial charge in [-0.15, -0.1) is 0 Å². The van der Waals surface area contributed by atoms with E-state index in [0.717, 1.165) is 61.5 Å². The second-order valence-electron chi connectivity index (χ2n) is 16.6. The quantitative estimate of drug-likeness (QED) is 0.137. The number of benzene rings is 10. The summed E-state index contributed by atoms with van der Waals surface area (Å²) in [6, 6.07) is 95.1. The Morgan fingerprint density at radius 1 is 0.167 bits per heavy atom. The summed E-state index contributed by atoms with van der Waals surface area (Å²) in [4.78, 5) is 10.7. The van der Waals surface area contributed by atoms with Gasteiger partial charge < -0.3 is 0 Å². The highest BCUT2D eigenvalue weighted by Gasteiger charge is 2.17. The van der Waals surface area contributed by atoms with E-state index >= 15 is 0 Å². The molecule has 1 aromatic heterocycles. The molecule has 11 rings (SSSR count). The lowest BCUT2D eigenvalue weighted by molar-refractivity contribution is 1.18. The molecule has 11 aromatic rings. The van der Waals surface area contributed by atoms with E-state index in [1.807, 2.05) is 6.07 Å². The summed E-state index contributed by atoms with van der Waals surface area (Å²) in [5.74, 6) is 0.674. The predicted octanol–water partition coefficient (Wildman–Crippen LogP) is 17.1. The van der Waals surface area contributed by atoms with Crippen molar-refractivity contribution in [2.45, 2.75) is 0 Å². The number of hydrogen-bond acceptors (Lipinski definition) is 2. The third-order valence-electron chi connectivity index (χ3n) is 12.3. The molecule has 2 heteroatoms. The number of hydrogen-bond donors (Lipinski definition) is 0. The van der Waals surface area contributed by atoms with E-state index in [0.29, 0.717) is 5.82 Å². The van der Waals surface area contributed by atoms with E-state index < -0.39 is 0 Å². The summed E-state index contributed by atoms with van der Waals surface area (Å²) in [6.07, 6.45) is 0. The molecule has 0 aliphatic heterocycles. The molecule has 310 valence electrons. The molecule has 0 N–H and O–H groups in total. The minimum absolute atomic E-state index is 0.674. The number of rotatable bonds is 10. The zero-order valence-electron chi connectivity index (χ0n) is 36.3. The van der Waals surface area contributed by atoms with Crippen molar-refractivity contribution in [2.75, 3.05) is 0 Å². The highest BCUT2D eigenvalue weighted by Crippen LogP contribution is 2.41. The molecule has 2 nitrogen and oxygen atoms in total. The molecule has 10 aromatic carbocycles. The zero-order valence-corrected chi connectivity index (χ0v) is 36.3. The summed E-state index contributed by atoms with van der Waals surface area (Å²) in [7, 11) is 0. The average Bonchev–Trinajstić information content (AvgIpc) is 3.42. The Morgan fingerprint density at radius 3 is 0.939 bits per heavy atom. The highest BCUT2D eigenvalue weighted by atomic mass is 14.9. The van der Waals surface area contributed by atoms with Crippen LogP contribution in [0.3, 0.4) is 0 Å². The minimum atomic E-state index is 0.674. The zero-order chi connectivity index (χ0) is 44.1. The average molecular weight is 841 g/mol. The second-order valence-corrected chi connectivity index (χ2v) is 16.6. The van der Waals surface area contributed by atoms with Crippen LogP contribution >= 0.6 is 0 Å². The van der Waals surface area contributed by atoms with Crippen molar-refractivity contribution < 1.29 is 0 Å². The normalized spacial score (nSPS) is 11.0. The summed E-state index contributed by atoms with van der Waals surface area (Å²) in [5, 5.41) is 0. The van der Waals surface area contributed by atoms with E-state index in [1.165, 1.54) is 44.5 Å². The smallest absolute Gasteiger partial charge is 0.160 e. The van der Waals surface area contributed by atoms with Gasteiger partial charge in [-0.05, 0) is 120 Å². The predicted molar refractivity (Wildman–Crippen MR) is 276 cm³/mol. The van der Waals surface area contributed by atoms with Gasteiger partial charge >= 0.3 is 0 Å². The summed E-state index contributed by atoms with van der Waals surface area (Å²) < 4.78 is 0. The van der Waals surface area contributed by atoms with Crippen LogP contribution in [0, 0.1) is 0 Å². The number of nitrogens with zero attached hydrogens (tertiary/aromatic N) is 2. The van der Waals surface area contributed by atoms with Gasteiger partial charge in [-0.3, -0.25) is 0 Å². The largest absolute Gasteiger partial charge is 0.228 e. The molecule has 0 atom stereocenters. The van der Waals surface area contributed by atoms with Crippen molar-refractivity contribution in [3.05, 3.63) is 267 Å². The van der Waals surface area contributed by atoms with Crippen molar-refractivity contribution in [3.63, 3.8) is 0 Å². The number of aromatic nitrogens is 2. The van der Waals surface area contributed by atoms with Gasteiger partial charge in [-0.1, -0.05) is 224 Å². The van der Waals surface area contributed by atoms with Gasteiger partial charge in [0.2, 0.25) is 0 Å². The fraction of sp³-hybridized carbons (Fsp3) is 0. The molecule has 0 saturated heterocycles. The molecule has 0 aliphatic rings. The maximum atomic E-state index is 5.43. The second kappa shape index (κ2) is 18.2. The molecule has 0 spiro atoms. The van der Waals surface area contributed by atoms with Crippen LogP contribution in [0.25, 0.3) is 112 Å². The molecule has 0 saturated carbocycles. The van der Waals surface area contributed by atoms with Gasteiger partial charge in [0.15, 0.2) is 5.82 Å². The topological polar surface area (TPSA) is 25.8 Å². The van der Waals surface area contributed by atoms with Crippen molar-refractivity contribution in [3.8, 4) is 112 Å². The lowest BCUT2D eigenvalue weighted by Gasteiger charge is -2.17. The van der Waals surface area contributed by atoms with Crippen molar-refractivity contribution in [1.82, 2.24) is 9.97 Å². The molecule has 0 amide bonds. The maximum Gasteiger partial charge on any atom is 0.160 e. The summed E-state index contributed by atoms with van der Waals surface area (Å²) in [6.45, 7) is 0. The highest BCUT2D eigenvalue weighted by molar-refractivity contribution is 5.91. The van der Waals surface area contributed by atoms with Gasteiger partial charge in [-0.2, -0.15) is 0 Å². The van der Waals surface area contributed by atoms with E-state index in [9.17, 15) is 0 Å². The van der Waals surface area contributed by atoms with Crippen LogP contribution in [0.1, 0.15) is 0 Å². The van der Waals surface area contributed by atoms with Gasteiger partial charge in [0.1, 0.15) is 0 Å². The lowest BCUT2D eigenvalue weighted by atomic mass is 9.88. The first-order valence-corrected chi connectivity index (χ1v) is 22.5. The summed E-state index contributed by atoms with van der Waals surface area (Å²) in [5.41, 5.74) is 20.9. The fourth-order valence-corrected chi connectivity index (χ4v) is 8.96. The van der Waals surface area contributed by atoms with Gasteiger partial charge in [0.25, 0.3) is 0 Å². The van der Waals surface area contributed by atoms with E-state index in [2.05, 4.69) is 261 Å². The van der Waals surface area contributed by atoms with Crippen molar-refractivity contribution in [2.24, 2.45) is 0 Å². The van der Waals surface area contributed by atoms with E-state index in [1.54, 1.807) is 0 Å². The lowest BCUT2D eigenvalue weighted by Crippen LogP contribution is -1.97. The molecule has 0 fully saturated rings. The fourth-order valence-electron chi connectivity index (χ4n) is 8.96. The van der Waals surface area contributed by atoms with Crippen LogP contribution < -0.4 is 0 Å². The Bertz CT molecular complexity index is 3280. The van der Waals surface area contributed by atoms with Gasteiger partial charge in [0, 0.05) is 16.7 Å². The van der Waals surface area contributed by atoms with Crippen LogP contribution in [0.5, 0.6) is 0 Å². The third kappa shape index (κ3) is 8.40. The Balaban J connectivity index is 1.14. The Kier molecular flexibility index (Phi) is 11.0. The Labute approximate surface area is 386 Å². The molecule has 0 radical (unpaired) electrons. The first-order valence-electron chi connectivity index (χ1n) is 22.5. The van der Waals surface area contributed by atoms with Gasteiger partial charge in [0.05, 0.1) is 11.4 Å². The van der Waals surface area contributed by atoms with E-state index in [4.69, 9.17) is 9.97 Å². The van der Waals surface area contributed by atoms with Crippen molar-refractivity contribution in [1.29, 1.82) is 0 Å². The molecule has 1 heterocycles. The first kappa shape index (κ1) is 40.1. The van der Waals surface area contributed by atoms with Crippen LogP contribution in [0.15, 0.2) is 267 Å². The molecule has 0 bridgehead atoms. The Hall–Kier alpha value is -8.72. The standard InChI is InChI=1S/C64H44N2/c1-7-20-45(21-8-1)51-32-19-33-54(38-51)64-65-62(50-30-17-6-18-31-50)44-63(66-64)57-40-55(52-34-36-58(46-22-9-2-10-23-46)60(42-52)48-26-13-4-14-27-48)39-56(41-57)53-35-37-59(47-24-11-3-12-25-47)61(43-53)49-28-15-5-16-29-49/h1-44H. The van der Waals surface area contributed by atoms with Crippen LogP contribution in [-0.4, -0.2) is 9.97 Å². The maximum absolute atomic E-state index is 5.43. The SMILES string of the molecule is c1ccc(-c2cccc(-c3nc(-c4ccccc4)cc(-c4cc(-c5ccc(-c6ccccc6)c(-c6ccccc6)c5)cc(-c5ccc(-c6ccccc6)c(-c6ccccc6)c5)c4)n3)c2)cc1. The molecule has 0 aliphatic carbocycles. The van der Waals surface area contributed by atoms with E-state index in [-0.39, 0.29) is 0 Å². The first-order chi connectivity index (χ1) is 32.7.